The van der Waals surface area contributed by atoms with Gasteiger partial charge in [-0.25, -0.2) is 9.97 Å². The Labute approximate surface area is 176 Å². The molecule has 158 valence electrons. The highest BCUT2D eigenvalue weighted by molar-refractivity contribution is 5.84. The van der Waals surface area contributed by atoms with E-state index in [4.69, 9.17) is 10.1 Å². The zero-order chi connectivity index (χ0) is 20.7. The predicted octanol–water partition coefficient (Wildman–Crippen LogP) is 2.82. The van der Waals surface area contributed by atoms with Gasteiger partial charge in [-0.05, 0) is 51.9 Å². The third kappa shape index (κ3) is 3.34. The van der Waals surface area contributed by atoms with E-state index in [0.717, 1.165) is 80.3 Å². The largest absolute Gasteiger partial charge is 0.358 e. The summed E-state index contributed by atoms with van der Waals surface area (Å²) in [7, 11) is 1.96. The minimum Gasteiger partial charge on any atom is -0.358 e. The molecular formula is C22H29N7O. The van der Waals surface area contributed by atoms with Crippen LogP contribution in [0.5, 0.6) is 0 Å². The Bertz CT molecular complexity index is 1080. The van der Waals surface area contributed by atoms with Gasteiger partial charge < -0.3 is 14.8 Å². The molecule has 0 saturated carbocycles. The zero-order valence-corrected chi connectivity index (χ0v) is 17.8. The lowest BCUT2D eigenvalue weighted by atomic mass is 9.96. The Hall–Kier alpha value is -2.90. The fraction of sp³-hybridized carbons (Fsp3) is 0.545. The quantitative estimate of drug-likeness (QED) is 0.719. The van der Waals surface area contributed by atoms with Crippen molar-refractivity contribution in [3.05, 3.63) is 29.7 Å². The number of carbonyl (C=O) groups is 1. The highest BCUT2D eigenvalue weighted by atomic mass is 16.2. The maximum absolute atomic E-state index is 13.0. The van der Waals surface area contributed by atoms with E-state index in [1.54, 1.807) is 6.20 Å². The Kier molecular flexibility index (Phi) is 4.92. The maximum Gasteiger partial charge on any atom is 0.244 e. The van der Waals surface area contributed by atoms with Crippen molar-refractivity contribution in [2.45, 2.75) is 57.9 Å². The van der Waals surface area contributed by atoms with Crippen LogP contribution in [0.2, 0.25) is 0 Å². The van der Waals surface area contributed by atoms with E-state index in [0.29, 0.717) is 0 Å². The number of hydrogen-bond acceptors (Lipinski definition) is 5. The van der Waals surface area contributed by atoms with E-state index in [1.807, 2.05) is 40.2 Å². The molecule has 1 fully saturated rings. The first kappa shape index (κ1) is 19.1. The molecule has 1 N–H and O–H groups in total. The van der Waals surface area contributed by atoms with Crippen LogP contribution in [-0.4, -0.2) is 54.1 Å². The molecule has 30 heavy (non-hydrogen) atoms. The molecule has 1 aliphatic heterocycles. The van der Waals surface area contributed by atoms with Crippen molar-refractivity contribution in [3.8, 4) is 11.5 Å². The average molecular weight is 408 g/mol. The third-order valence-corrected chi connectivity index (χ3v) is 6.32. The summed E-state index contributed by atoms with van der Waals surface area (Å²) in [4.78, 5) is 24.4. The van der Waals surface area contributed by atoms with Crippen LogP contribution in [0.1, 0.15) is 50.3 Å². The Morgan fingerprint density at radius 1 is 1.13 bits per heavy atom. The van der Waals surface area contributed by atoms with Crippen molar-refractivity contribution < 1.29 is 4.79 Å². The van der Waals surface area contributed by atoms with Crippen LogP contribution in [0.15, 0.2) is 18.5 Å². The fourth-order valence-corrected chi connectivity index (χ4v) is 4.67. The van der Waals surface area contributed by atoms with E-state index in [2.05, 4.69) is 10.3 Å². The standard InChI is InChI=1S/C22H29N7O/c1-15(22(30)28-11-6-3-7-12-28)24-20-16-8-4-5-9-17(16)25-19-14-18(26-29(19)20)21-23-10-13-27(21)2/h10,13-15,24H,3-9,11-12H2,1-2H3. The van der Waals surface area contributed by atoms with Crippen LogP contribution >= 0.6 is 0 Å². The van der Waals surface area contributed by atoms with Crippen molar-refractivity contribution in [3.63, 3.8) is 0 Å². The van der Waals surface area contributed by atoms with Gasteiger partial charge in [-0.3, -0.25) is 4.79 Å². The van der Waals surface area contributed by atoms with Crippen LogP contribution in [-0.2, 0) is 24.7 Å². The first-order valence-electron chi connectivity index (χ1n) is 11.1. The first-order chi connectivity index (χ1) is 14.6. The second-order valence-electron chi connectivity index (χ2n) is 8.51. The lowest BCUT2D eigenvalue weighted by Crippen LogP contribution is -2.44. The molecule has 3 aromatic heterocycles. The smallest absolute Gasteiger partial charge is 0.244 e. The van der Waals surface area contributed by atoms with E-state index < -0.39 is 0 Å². The van der Waals surface area contributed by atoms with Gasteiger partial charge >= 0.3 is 0 Å². The SMILES string of the molecule is CC(Nc1c2c(nc3cc(-c4nccn4C)nn13)CCCC2)C(=O)N1CCCCC1. The molecule has 2 aliphatic rings. The molecule has 1 unspecified atom stereocenters. The zero-order valence-electron chi connectivity index (χ0n) is 17.8. The van der Waals surface area contributed by atoms with Gasteiger partial charge in [0.25, 0.3) is 0 Å². The number of carbonyl (C=O) groups excluding carboxylic acids is 1. The summed E-state index contributed by atoms with van der Waals surface area (Å²) in [5.41, 5.74) is 3.91. The molecule has 5 rings (SSSR count). The molecule has 3 aromatic rings. The van der Waals surface area contributed by atoms with Crippen LogP contribution in [0.25, 0.3) is 17.2 Å². The summed E-state index contributed by atoms with van der Waals surface area (Å²) in [5.74, 6) is 1.88. The highest BCUT2D eigenvalue weighted by Crippen LogP contribution is 2.30. The van der Waals surface area contributed by atoms with Gasteiger partial charge in [-0.15, -0.1) is 0 Å². The molecule has 8 nitrogen and oxygen atoms in total. The summed E-state index contributed by atoms with van der Waals surface area (Å²) < 4.78 is 3.82. The molecule has 1 amide bonds. The van der Waals surface area contributed by atoms with Gasteiger partial charge in [0.2, 0.25) is 5.91 Å². The number of likely N-dealkylation sites (tertiary alicyclic amines) is 1. The number of imidazole rings is 1. The van der Waals surface area contributed by atoms with Crippen molar-refractivity contribution in [1.29, 1.82) is 0 Å². The predicted molar refractivity (Wildman–Crippen MR) is 115 cm³/mol. The van der Waals surface area contributed by atoms with Crippen LogP contribution in [0, 0.1) is 0 Å². The Balaban J connectivity index is 1.54. The van der Waals surface area contributed by atoms with Crippen LogP contribution in [0.3, 0.4) is 0 Å². The molecule has 0 radical (unpaired) electrons. The number of hydrogen-bond donors (Lipinski definition) is 1. The number of aryl methyl sites for hydroxylation is 2. The van der Waals surface area contributed by atoms with E-state index >= 15 is 0 Å². The number of anilines is 1. The van der Waals surface area contributed by atoms with Crippen molar-refractivity contribution in [2.24, 2.45) is 7.05 Å². The summed E-state index contributed by atoms with van der Waals surface area (Å²) in [5, 5.41) is 8.36. The fourth-order valence-electron chi connectivity index (χ4n) is 4.67. The first-order valence-corrected chi connectivity index (χ1v) is 11.1. The molecule has 0 bridgehead atoms. The summed E-state index contributed by atoms with van der Waals surface area (Å²) in [6.45, 7) is 3.68. The monoisotopic (exact) mass is 407 g/mol. The summed E-state index contributed by atoms with van der Waals surface area (Å²) >= 11 is 0. The number of piperidine rings is 1. The summed E-state index contributed by atoms with van der Waals surface area (Å²) in [6.07, 6.45) is 11.3. The van der Waals surface area contributed by atoms with Gasteiger partial charge in [-0.1, -0.05) is 0 Å². The highest BCUT2D eigenvalue weighted by Gasteiger charge is 2.26. The lowest BCUT2D eigenvalue weighted by molar-refractivity contribution is -0.132. The molecule has 4 heterocycles. The van der Waals surface area contributed by atoms with E-state index in [-0.39, 0.29) is 11.9 Å². The number of aromatic nitrogens is 5. The van der Waals surface area contributed by atoms with Crippen molar-refractivity contribution >= 4 is 17.4 Å². The number of fused-ring (bicyclic) bond motifs is 2. The molecule has 0 spiro atoms. The van der Waals surface area contributed by atoms with Crippen molar-refractivity contribution in [2.75, 3.05) is 18.4 Å². The van der Waals surface area contributed by atoms with Gasteiger partial charge in [0.15, 0.2) is 11.5 Å². The third-order valence-electron chi connectivity index (χ3n) is 6.32. The lowest BCUT2D eigenvalue weighted by Gasteiger charge is -2.30. The minimum atomic E-state index is -0.305. The number of nitrogens with zero attached hydrogens (tertiary/aromatic N) is 6. The molecule has 1 atom stereocenters. The molecule has 1 saturated heterocycles. The van der Waals surface area contributed by atoms with E-state index in [1.165, 1.54) is 12.0 Å². The Morgan fingerprint density at radius 3 is 2.70 bits per heavy atom. The molecule has 1 aliphatic carbocycles. The van der Waals surface area contributed by atoms with Gasteiger partial charge in [0, 0.05) is 49.9 Å². The van der Waals surface area contributed by atoms with Crippen LogP contribution in [0.4, 0.5) is 5.82 Å². The minimum absolute atomic E-state index is 0.167. The second kappa shape index (κ2) is 7.74. The average Bonchev–Trinajstić information content (AvgIpc) is 3.39. The Morgan fingerprint density at radius 2 is 1.93 bits per heavy atom. The van der Waals surface area contributed by atoms with E-state index in [9.17, 15) is 4.79 Å². The van der Waals surface area contributed by atoms with Crippen molar-refractivity contribution in [1.82, 2.24) is 29.0 Å². The van der Waals surface area contributed by atoms with Crippen LogP contribution < -0.4 is 5.32 Å². The van der Waals surface area contributed by atoms with Gasteiger partial charge in [-0.2, -0.15) is 9.61 Å². The number of rotatable bonds is 4. The number of amides is 1. The second-order valence-corrected chi connectivity index (χ2v) is 8.51. The van der Waals surface area contributed by atoms with Gasteiger partial charge in [0.1, 0.15) is 17.6 Å². The number of nitrogens with one attached hydrogen (secondary N) is 1. The summed E-state index contributed by atoms with van der Waals surface area (Å²) in [6, 6.07) is 1.68. The normalized spacial score (nSPS) is 17.7. The molecular weight excluding hydrogens is 378 g/mol. The van der Waals surface area contributed by atoms with Gasteiger partial charge in [0.05, 0.1) is 0 Å². The topological polar surface area (TPSA) is 80.4 Å². The molecule has 8 heteroatoms. The molecule has 0 aromatic carbocycles. The maximum atomic E-state index is 13.0.